The molecule has 2 aliphatic carbocycles. The van der Waals surface area contributed by atoms with Crippen LogP contribution in [0, 0.1) is 21.7 Å². The fraction of sp³-hybridized carbons (Fsp3) is 0.857. The summed E-state index contributed by atoms with van der Waals surface area (Å²) in [6.07, 6.45) is 3.00. The van der Waals surface area contributed by atoms with E-state index in [1.54, 1.807) is 48.5 Å². The number of esters is 2. The monoisotopic (exact) mass is 510 g/mol. The van der Waals surface area contributed by atoms with Crippen LogP contribution in [0.2, 0.25) is 0 Å². The molecule has 2 fully saturated rings. The van der Waals surface area contributed by atoms with E-state index < -0.39 is 50.8 Å². The number of aliphatic carboxylic acids is 2. The topological polar surface area (TPSA) is 127 Å². The third-order valence-electron chi connectivity index (χ3n) is 8.09. The Labute approximate surface area is 215 Å². The van der Waals surface area contributed by atoms with Crippen molar-refractivity contribution in [1.82, 2.24) is 0 Å². The fourth-order valence-corrected chi connectivity index (χ4v) is 6.36. The number of ether oxygens (including phenoxy) is 2. The van der Waals surface area contributed by atoms with Gasteiger partial charge in [-0.25, -0.2) is 0 Å². The molecule has 8 nitrogen and oxygen atoms in total. The summed E-state index contributed by atoms with van der Waals surface area (Å²) in [4.78, 5) is 52.3. The van der Waals surface area contributed by atoms with Crippen LogP contribution in [0.25, 0.3) is 0 Å². The van der Waals surface area contributed by atoms with Crippen LogP contribution in [0.4, 0.5) is 0 Å². The van der Waals surface area contributed by atoms with E-state index in [1.165, 1.54) is 0 Å². The molecule has 2 aliphatic rings. The Morgan fingerprint density at radius 1 is 0.694 bits per heavy atom. The normalized spacial score (nSPS) is 33.4. The lowest BCUT2D eigenvalue weighted by Crippen LogP contribution is -2.53. The van der Waals surface area contributed by atoms with Gasteiger partial charge in [-0.15, -0.1) is 0 Å². The van der Waals surface area contributed by atoms with Crippen molar-refractivity contribution in [1.29, 1.82) is 0 Å². The van der Waals surface area contributed by atoms with Gasteiger partial charge in [-0.05, 0) is 99.8 Å². The lowest BCUT2D eigenvalue weighted by Gasteiger charge is -2.51. The lowest BCUT2D eigenvalue weighted by atomic mass is 9.52. The third-order valence-corrected chi connectivity index (χ3v) is 8.09. The maximum atomic E-state index is 13.9. The number of rotatable bonds is 7. The third kappa shape index (κ3) is 6.41. The largest absolute Gasteiger partial charge is 0.481 e. The van der Waals surface area contributed by atoms with Crippen LogP contribution in [-0.2, 0) is 28.7 Å². The van der Waals surface area contributed by atoms with E-state index in [0.29, 0.717) is 38.5 Å². The van der Waals surface area contributed by atoms with Crippen molar-refractivity contribution in [2.24, 2.45) is 21.7 Å². The van der Waals surface area contributed by atoms with Gasteiger partial charge in [0.15, 0.2) is 0 Å². The van der Waals surface area contributed by atoms with Crippen LogP contribution in [0.1, 0.15) is 120 Å². The average molecular weight is 511 g/mol. The van der Waals surface area contributed by atoms with E-state index in [2.05, 4.69) is 0 Å². The summed E-state index contributed by atoms with van der Waals surface area (Å²) in [5.74, 6) is -3.02. The Bertz CT molecular complexity index is 881. The summed E-state index contributed by atoms with van der Waals surface area (Å²) in [6, 6.07) is 0. The lowest BCUT2D eigenvalue weighted by molar-refractivity contribution is -0.188. The molecule has 36 heavy (non-hydrogen) atoms. The van der Waals surface area contributed by atoms with Crippen molar-refractivity contribution in [3.63, 3.8) is 0 Å². The molecule has 0 aromatic carbocycles. The molecular formula is C28H46O8. The Morgan fingerprint density at radius 2 is 1.14 bits per heavy atom. The first-order valence-corrected chi connectivity index (χ1v) is 13.2. The zero-order valence-corrected chi connectivity index (χ0v) is 23.4. The second kappa shape index (κ2) is 9.97. The predicted molar refractivity (Wildman–Crippen MR) is 134 cm³/mol. The SMILES string of the molecule is CCC1(C(=O)OC(C)(C)C)CCCC(CC2(C(=O)O)CCCC(C)(C(=O)O)C2)(C(=O)OC(C)(C)C)C1. The summed E-state index contributed by atoms with van der Waals surface area (Å²) in [5, 5.41) is 20.4. The molecule has 0 amide bonds. The summed E-state index contributed by atoms with van der Waals surface area (Å²) in [6.45, 7) is 14.2. The molecule has 4 atom stereocenters. The number of hydrogen-bond acceptors (Lipinski definition) is 6. The average Bonchev–Trinajstić information content (AvgIpc) is 2.71. The highest BCUT2D eigenvalue weighted by Gasteiger charge is 2.60. The zero-order valence-electron chi connectivity index (χ0n) is 23.4. The number of carbonyl (C=O) groups is 4. The second-order valence-corrected chi connectivity index (χ2v) is 13.6. The first-order chi connectivity index (χ1) is 16.2. The Balaban J connectivity index is 2.61. The van der Waals surface area contributed by atoms with Crippen molar-refractivity contribution in [2.45, 2.75) is 131 Å². The molecule has 0 saturated heterocycles. The van der Waals surface area contributed by atoms with E-state index in [1.807, 2.05) is 6.92 Å². The van der Waals surface area contributed by atoms with Crippen LogP contribution in [-0.4, -0.2) is 45.3 Å². The van der Waals surface area contributed by atoms with Crippen LogP contribution in [0.3, 0.4) is 0 Å². The molecular weight excluding hydrogens is 464 g/mol. The van der Waals surface area contributed by atoms with Gasteiger partial charge in [0.25, 0.3) is 0 Å². The van der Waals surface area contributed by atoms with Crippen LogP contribution >= 0.6 is 0 Å². The van der Waals surface area contributed by atoms with Gasteiger partial charge in [0.2, 0.25) is 0 Å². The molecule has 0 aliphatic heterocycles. The number of carbonyl (C=O) groups excluding carboxylic acids is 2. The van der Waals surface area contributed by atoms with Gasteiger partial charge < -0.3 is 19.7 Å². The Kier molecular flexibility index (Phi) is 8.34. The van der Waals surface area contributed by atoms with Crippen molar-refractivity contribution < 1.29 is 38.9 Å². The predicted octanol–water partition coefficient (Wildman–Crippen LogP) is 5.75. The van der Waals surface area contributed by atoms with E-state index in [9.17, 15) is 29.4 Å². The van der Waals surface area contributed by atoms with Crippen molar-refractivity contribution >= 4 is 23.9 Å². The molecule has 8 heteroatoms. The van der Waals surface area contributed by atoms with Crippen molar-refractivity contribution in [3.05, 3.63) is 0 Å². The quantitative estimate of drug-likeness (QED) is 0.414. The van der Waals surface area contributed by atoms with Gasteiger partial charge in [-0.1, -0.05) is 19.8 Å². The number of hydrogen-bond donors (Lipinski definition) is 2. The maximum Gasteiger partial charge on any atom is 0.312 e. The van der Waals surface area contributed by atoms with E-state index in [4.69, 9.17) is 9.47 Å². The smallest absolute Gasteiger partial charge is 0.312 e. The van der Waals surface area contributed by atoms with Gasteiger partial charge in [-0.3, -0.25) is 19.2 Å². The summed E-state index contributed by atoms with van der Waals surface area (Å²) in [5.41, 5.74) is -6.32. The first kappa shape index (κ1) is 30.1. The van der Waals surface area contributed by atoms with Crippen LogP contribution < -0.4 is 0 Å². The molecule has 2 saturated carbocycles. The maximum absolute atomic E-state index is 13.9. The zero-order chi connectivity index (χ0) is 27.8. The minimum Gasteiger partial charge on any atom is -0.481 e. The van der Waals surface area contributed by atoms with Gasteiger partial charge >= 0.3 is 23.9 Å². The molecule has 2 N–H and O–H groups in total. The van der Waals surface area contributed by atoms with Gasteiger partial charge in [-0.2, -0.15) is 0 Å². The minimum atomic E-state index is -1.41. The summed E-state index contributed by atoms with van der Waals surface area (Å²) in [7, 11) is 0. The van der Waals surface area contributed by atoms with Crippen LogP contribution in [0.5, 0.6) is 0 Å². The van der Waals surface area contributed by atoms with Crippen LogP contribution in [0.15, 0.2) is 0 Å². The standard InChI is InChI=1S/C28H46O8/c1-9-26(21(33)35-23(2,3)4)13-11-15-28(17-26,22(34)36-24(5,6)7)18-27(20(31)32)14-10-12-25(8,16-27)19(29)30/h9-18H2,1-8H3,(H,29,30)(H,31,32). The highest BCUT2D eigenvalue weighted by molar-refractivity contribution is 5.84. The Morgan fingerprint density at radius 3 is 1.58 bits per heavy atom. The highest BCUT2D eigenvalue weighted by atomic mass is 16.6. The molecule has 0 spiro atoms. The first-order valence-electron chi connectivity index (χ1n) is 13.2. The van der Waals surface area contributed by atoms with Gasteiger partial charge in [0, 0.05) is 0 Å². The van der Waals surface area contributed by atoms with Gasteiger partial charge in [0.1, 0.15) is 11.2 Å². The van der Waals surface area contributed by atoms with Crippen molar-refractivity contribution in [3.8, 4) is 0 Å². The molecule has 0 heterocycles. The summed E-state index contributed by atoms with van der Waals surface area (Å²) >= 11 is 0. The van der Waals surface area contributed by atoms with Gasteiger partial charge in [0.05, 0.1) is 21.7 Å². The molecule has 0 radical (unpaired) electrons. The molecule has 0 aromatic rings. The summed E-state index contributed by atoms with van der Waals surface area (Å²) < 4.78 is 11.7. The minimum absolute atomic E-state index is 0.0579. The molecule has 0 bridgehead atoms. The number of carboxylic acid groups (broad SMARTS) is 2. The van der Waals surface area contributed by atoms with E-state index in [0.717, 1.165) is 0 Å². The molecule has 4 unspecified atom stereocenters. The van der Waals surface area contributed by atoms with Crippen molar-refractivity contribution in [2.75, 3.05) is 0 Å². The van der Waals surface area contributed by atoms with E-state index >= 15 is 0 Å². The molecule has 206 valence electrons. The second-order valence-electron chi connectivity index (χ2n) is 13.6. The Hall–Kier alpha value is -2.12. The highest BCUT2D eigenvalue weighted by Crippen LogP contribution is 2.59. The molecule has 2 rings (SSSR count). The molecule has 0 aromatic heterocycles. The fourth-order valence-electron chi connectivity index (χ4n) is 6.36. The van der Waals surface area contributed by atoms with E-state index in [-0.39, 0.29) is 31.7 Å². The number of carboxylic acids is 2.